The van der Waals surface area contributed by atoms with Crippen LogP contribution in [0.2, 0.25) is 0 Å². The molecule has 0 spiro atoms. The summed E-state index contributed by atoms with van der Waals surface area (Å²) in [4.78, 5) is 16.0. The van der Waals surface area contributed by atoms with Crippen molar-refractivity contribution in [3.63, 3.8) is 0 Å². The molecule has 2 unspecified atom stereocenters. The Morgan fingerprint density at radius 3 is 2.67 bits per heavy atom. The maximum atomic E-state index is 11.4. The van der Waals surface area contributed by atoms with Gasteiger partial charge in [-0.1, -0.05) is 48.9 Å². The topological polar surface area (TPSA) is 91.2 Å². The molecule has 3 N–H and O–H groups in total. The summed E-state index contributed by atoms with van der Waals surface area (Å²) in [5.41, 5.74) is 1.45. The molecule has 1 heterocycles. The van der Waals surface area contributed by atoms with Crippen LogP contribution >= 0.6 is 11.6 Å². The molecule has 7 heteroatoms. The van der Waals surface area contributed by atoms with Crippen LogP contribution in [0.3, 0.4) is 0 Å². The van der Waals surface area contributed by atoms with E-state index in [0.717, 1.165) is 11.1 Å². The second-order valence-electron chi connectivity index (χ2n) is 9.27. The van der Waals surface area contributed by atoms with Gasteiger partial charge in [-0.05, 0) is 69.0 Å². The number of carbonyl (C=O) groups is 1. The van der Waals surface area contributed by atoms with Crippen LogP contribution in [0.25, 0.3) is 0 Å². The summed E-state index contributed by atoms with van der Waals surface area (Å²) >= 11 is 6.75. The fourth-order valence-electron chi connectivity index (χ4n) is 3.87. The number of aliphatic imine (C=N–C) groups is 1. The number of hydrogen-bond acceptors (Lipinski definition) is 5. The van der Waals surface area contributed by atoms with E-state index >= 15 is 0 Å². The molecule has 0 amide bonds. The average molecular weight is 471 g/mol. The first-order chi connectivity index (χ1) is 15.4. The number of nitrogens with one attached hydrogen (secondary N) is 1. The highest BCUT2D eigenvalue weighted by atomic mass is 35.5. The van der Waals surface area contributed by atoms with Crippen molar-refractivity contribution in [1.82, 2.24) is 5.32 Å². The third-order valence-electron chi connectivity index (χ3n) is 5.89. The molecular weight excluding hydrogens is 440 g/mol. The molecule has 2 atom stereocenters. The predicted octanol–water partition coefficient (Wildman–Crippen LogP) is 5.13. The van der Waals surface area contributed by atoms with E-state index < -0.39 is 11.6 Å². The molecule has 1 aromatic rings. The maximum Gasteiger partial charge on any atom is 0.336 e. The van der Waals surface area contributed by atoms with Crippen LogP contribution in [0.4, 0.5) is 0 Å². The van der Waals surface area contributed by atoms with Crippen LogP contribution in [-0.4, -0.2) is 40.4 Å². The lowest BCUT2D eigenvalue weighted by Gasteiger charge is -2.33. The second-order valence-corrected chi connectivity index (χ2v) is 9.68. The van der Waals surface area contributed by atoms with Gasteiger partial charge in [-0.25, -0.2) is 9.79 Å². The van der Waals surface area contributed by atoms with Crippen LogP contribution < -0.4 is 10.1 Å². The van der Waals surface area contributed by atoms with Crippen molar-refractivity contribution in [2.45, 2.75) is 52.7 Å². The Bertz CT molecular complexity index is 1090. The highest BCUT2D eigenvalue weighted by molar-refractivity contribution is 6.32. The summed E-state index contributed by atoms with van der Waals surface area (Å²) in [6.45, 7) is 9.67. The van der Waals surface area contributed by atoms with Crippen LogP contribution in [0, 0.1) is 12.3 Å². The molecule has 1 aliphatic carbocycles. The lowest BCUT2D eigenvalue weighted by atomic mass is 9.73. The molecule has 33 heavy (non-hydrogen) atoms. The predicted molar refractivity (Wildman–Crippen MR) is 132 cm³/mol. The Balaban J connectivity index is 1.86. The molecule has 0 radical (unpaired) electrons. The minimum atomic E-state index is -1.01. The first-order valence-corrected chi connectivity index (χ1v) is 11.3. The molecule has 0 saturated heterocycles. The quantitative estimate of drug-likeness (QED) is 0.567. The third-order valence-corrected chi connectivity index (χ3v) is 6.22. The number of rotatable bonds is 4. The fraction of sp³-hybridized carbons (Fsp3) is 0.385. The summed E-state index contributed by atoms with van der Waals surface area (Å²) in [6.07, 6.45) is 10.7. The second kappa shape index (κ2) is 9.57. The molecule has 0 fully saturated rings. The third kappa shape index (κ3) is 5.95. The molecule has 0 aromatic heterocycles. The molecule has 2 aliphatic rings. The van der Waals surface area contributed by atoms with Gasteiger partial charge in [-0.15, -0.1) is 0 Å². The zero-order chi connectivity index (χ0) is 24.4. The molecule has 1 aromatic carbocycles. The minimum absolute atomic E-state index is 0.180. The van der Waals surface area contributed by atoms with E-state index in [1.54, 1.807) is 32.9 Å². The van der Waals surface area contributed by atoms with E-state index in [-0.39, 0.29) is 23.0 Å². The summed E-state index contributed by atoms with van der Waals surface area (Å²) in [7, 11) is 0. The van der Waals surface area contributed by atoms with Crippen molar-refractivity contribution < 1.29 is 19.7 Å². The first kappa shape index (κ1) is 24.8. The molecular formula is C26H31ClN2O4. The van der Waals surface area contributed by atoms with Crippen molar-refractivity contribution >= 4 is 23.6 Å². The Morgan fingerprint density at radius 1 is 1.33 bits per heavy atom. The van der Waals surface area contributed by atoms with Gasteiger partial charge in [0.25, 0.3) is 6.02 Å². The van der Waals surface area contributed by atoms with Crippen LogP contribution in [0.5, 0.6) is 5.75 Å². The number of benzene rings is 1. The van der Waals surface area contributed by atoms with Crippen molar-refractivity contribution in [3.05, 3.63) is 75.9 Å². The zero-order valence-electron chi connectivity index (χ0n) is 19.6. The Morgan fingerprint density at radius 2 is 2.06 bits per heavy atom. The van der Waals surface area contributed by atoms with Gasteiger partial charge in [0.1, 0.15) is 5.75 Å². The van der Waals surface area contributed by atoms with Crippen LogP contribution in [-0.2, 0) is 0 Å². The molecule has 0 bridgehead atoms. The van der Waals surface area contributed by atoms with Gasteiger partial charge >= 0.3 is 5.97 Å². The number of amidine groups is 1. The fourth-order valence-corrected chi connectivity index (χ4v) is 4.35. The number of nitrogens with zero attached hydrogens (tertiary/aromatic N) is 1. The van der Waals surface area contributed by atoms with Gasteiger partial charge < -0.3 is 20.3 Å². The summed E-state index contributed by atoms with van der Waals surface area (Å²) in [5, 5.41) is 23.5. The van der Waals surface area contributed by atoms with Gasteiger partial charge in [0.05, 0.1) is 17.7 Å². The Kier molecular flexibility index (Phi) is 7.20. The van der Waals surface area contributed by atoms with Crippen LogP contribution in [0.1, 0.15) is 50.0 Å². The van der Waals surface area contributed by atoms with Crippen molar-refractivity contribution in [2.24, 2.45) is 10.4 Å². The monoisotopic (exact) mass is 470 g/mol. The number of hydrogen-bond donors (Lipinski definition) is 3. The summed E-state index contributed by atoms with van der Waals surface area (Å²) in [6, 6.07) is 5.02. The highest BCUT2D eigenvalue weighted by Crippen LogP contribution is 2.43. The SMILES string of the molecule is Cc1ccc(OC2=NC/C=C(C3(C)C=CC(C(C)(C)O)=CC3)\C(Cl)=C/C(C)N2)cc1C(=O)O. The lowest BCUT2D eigenvalue weighted by Crippen LogP contribution is -2.35. The average Bonchev–Trinajstić information content (AvgIpc) is 2.77. The van der Waals surface area contributed by atoms with E-state index in [0.29, 0.717) is 29.3 Å². The lowest BCUT2D eigenvalue weighted by molar-refractivity contribution is 0.0695. The molecule has 1 aliphatic heterocycles. The number of allylic oxidation sites excluding steroid dienone is 4. The molecule has 0 saturated carbocycles. The van der Waals surface area contributed by atoms with E-state index in [9.17, 15) is 15.0 Å². The molecule has 6 nitrogen and oxygen atoms in total. The van der Waals surface area contributed by atoms with Crippen molar-refractivity contribution in [2.75, 3.05) is 6.54 Å². The number of ether oxygens (including phenoxy) is 1. The summed E-state index contributed by atoms with van der Waals surface area (Å²) in [5.74, 6) is -0.616. The van der Waals surface area contributed by atoms with Crippen LogP contribution in [0.15, 0.2) is 69.8 Å². The first-order valence-electron chi connectivity index (χ1n) is 10.9. The number of aliphatic hydroxyl groups is 1. The number of carboxylic acid groups (broad SMARTS) is 1. The van der Waals surface area contributed by atoms with Crippen molar-refractivity contribution in [1.29, 1.82) is 0 Å². The number of aryl methyl sites for hydroxylation is 1. The zero-order valence-corrected chi connectivity index (χ0v) is 20.4. The maximum absolute atomic E-state index is 11.4. The van der Waals surface area contributed by atoms with Gasteiger partial charge in [0.2, 0.25) is 0 Å². The number of halogens is 1. The smallest absolute Gasteiger partial charge is 0.336 e. The van der Waals surface area contributed by atoms with E-state index in [1.807, 2.05) is 25.2 Å². The minimum Gasteiger partial charge on any atom is -0.478 e. The highest BCUT2D eigenvalue weighted by Gasteiger charge is 2.32. The van der Waals surface area contributed by atoms with Gasteiger partial charge in [-0.3, -0.25) is 0 Å². The standard InChI is InChI=1S/C26H31ClN2O4/c1-16-6-7-19(15-20(16)23(30)31)33-24-28-13-10-21(22(27)14-17(2)29-24)26(5)11-8-18(9-12-26)25(3,4)32/h6-11,14-15,17,32H,12-13H2,1-5H3,(H,28,29)(H,30,31)/b21-10+,22-14+. The number of carboxylic acids is 1. The van der Waals surface area contributed by atoms with Gasteiger partial charge in [0, 0.05) is 16.5 Å². The Labute approximate surface area is 200 Å². The summed E-state index contributed by atoms with van der Waals surface area (Å²) < 4.78 is 5.88. The largest absolute Gasteiger partial charge is 0.478 e. The molecule has 176 valence electrons. The normalized spacial score (nSPS) is 26.8. The Hall–Kier alpha value is -2.83. The van der Waals surface area contributed by atoms with Gasteiger partial charge in [-0.2, -0.15) is 0 Å². The number of aromatic carboxylic acids is 1. The van der Waals surface area contributed by atoms with E-state index in [2.05, 4.69) is 29.4 Å². The van der Waals surface area contributed by atoms with E-state index in [4.69, 9.17) is 16.3 Å². The molecule has 3 rings (SSSR count). The van der Waals surface area contributed by atoms with Crippen molar-refractivity contribution in [3.8, 4) is 5.75 Å². The van der Waals surface area contributed by atoms with Gasteiger partial charge in [0.15, 0.2) is 0 Å². The van der Waals surface area contributed by atoms with E-state index in [1.165, 1.54) is 6.07 Å².